The van der Waals surface area contributed by atoms with Crippen LogP contribution in [0.5, 0.6) is 5.75 Å². The highest BCUT2D eigenvalue weighted by atomic mass is 35.5. The summed E-state index contributed by atoms with van der Waals surface area (Å²) >= 11 is 12.5. The van der Waals surface area contributed by atoms with Gasteiger partial charge in [-0.25, -0.2) is 0 Å². The standard InChI is InChI=1S/C18H27Cl2NO/c1-2-10-22-18-14(11-15(19)12-17(18)20)13-21-16-8-6-4-3-5-7-9-16/h11-12,16,21H,2-10,13H2,1H3. The van der Waals surface area contributed by atoms with E-state index in [2.05, 4.69) is 12.2 Å². The van der Waals surface area contributed by atoms with E-state index in [0.717, 1.165) is 24.3 Å². The zero-order chi connectivity index (χ0) is 15.8. The molecular formula is C18H27Cl2NO. The maximum atomic E-state index is 6.30. The Labute approximate surface area is 144 Å². The van der Waals surface area contributed by atoms with Crippen molar-refractivity contribution in [3.8, 4) is 5.75 Å². The lowest BCUT2D eigenvalue weighted by molar-refractivity contribution is 0.311. The van der Waals surface area contributed by atoms with E-state index in [1.165, 1.54) is 44.9 Å². The quantitative estimate of drug-likeness (QED) is 0.685. The molecule has 0 heterocycles. The molecule has 0 saturated heterocycles. The van der Waals surface area contributed by atoms with Gasteiger partial charge in [0.2, 0.25) is 0 Å². The van der Waals surface area contributed by atoms with Gasteiger partial charge in [-0.3, -0.25) is 0 Å². The lowest BCUT2D eigenvalue weighted by Crippen LogP contribution is -2.29. The van der Waals surface area contributed by atoms with Crippen molar-refractivity contribution in [3.05, 3.63) is 27.7 Å². The highest BCUT2D eigenvalue weighted by Crippen LogP contribution is 2.33. The second-order valence-electron chi connectivity index (χ2n) is 6.15. The minimum Gasteiger partial charge on any atom is -0.492 e. The molecule has 1 aliphatic rings. The fourth-order valence-electron chi connectivity index (χ4n) is 3.03. The van der Waals surface area contributed by atoms with Gasteiger partial charge in [0.15, 0.2) is 0 Å². The van der Waals surface area contributed by atoms with E-state index in [1.54, 1.807) is 6.07 Å². The summed E-state index contributed by atoms with van der Waals surface area (Å²) in [5, 5.41) is 4.96. The third kappa shape index (κ3) is 5.64. The van der Waals surface area contributed by atoms with E-state index >= 15 is 0 Å². The Morgan fingerprint density at radius 3 is 2.45 bits per heavy atom. The first-order chi connectivity index (χ1) is 10.7. The van der Waals surface area contributed by atoms with Gasteiger partial charge in [-0.1, -0.05) is 62.2 Å². The van der Waals surface area contributed by atoms with E-state index in [1.807, 2.05) is 6.07 Å². The Morgan fingerprint density at radius 2 is 1.77 bits per heavy atom. The average Bonchev–Trinajstić information content (AvgIpc) is 2.45. The van der Waals surface area contributed by atoms with Crippen LogP contribution in [-0.2, 0) is 6.54 Å². The fourth-order valence-corrected chi connectivity index (χ4v) is 3.62. The molecule has 22 heavy (non-hydrogen) atoms. The largest absolute Gasteiger partial charge is 0.492 e. The van der Waals surface area contributed by atoms with Crippen molar-refractivity contribution in [2.24, 2.45) is 0 Å². The first kappa shape index (κ1) is 17.9. The van der Waals surface area contributed by atoms with Crippen LogP contribution < -0.4 is 10.1 Å². The highest BCUT2D eigenvalue weighted by Gasteiger charge is 2.14. The molecule has 0 aliphatic heterocycles. The van der Waals surface area contributed by atoms with E-state index in [-0.39, 0.29) is 0 Å². The Bertz CT molecular complexity index is 457. The molecule has 0 atom stereocenters. The molecule has 1 aromatic rings. The number of rotatable bonds is 6. The van der Waals surface area contributed by atoms with Crippen LogP contribution in [0.3, 0.4) is 0 Å². The van der Waals surface area contributed by atoms with Gasteiger partial charge in [0.05, 0.1) is 11.6 Å². The average molecular weight is 344 g/mol. The molecule has 2 nitrogen and oxygen atoms in total. The Balaban J connectivity index is 2.00. The zero-order valence-electron chi connectivity index (χ0n) is 13.5. The molecule has 0 spiro atoms. The van der Waals surface area contributed by atoms with Gasteiger partial charge < -0.3 is 10.1 Å². The van der Waals surface area contributed by atoms with E-state index in [9.17, 15) is 0 Å². The van der Waals surface area contributed by atoms with Crippen LogP contribution in [0.1, 0.15) is 63.9 Å². The van der Waals surface area contributed by atoms with Gasteiger partial charge in [0.1, 0.15) is 5.75 Å². The second-order valence-corrected chi connectivity index (χ2v) is 6.99. The van der Waals surface area contributed by atoms with E-state index < -0.39 is 0 Å². The van der Waals surface area contributed by atoms with Gasteiger partial charge in [-0.05, 0) is 31.4 Å². The third-order valence-electron chi connectivity index (χ3n) is 4.22. The van der Waals surface area contributed by atoms with E-state index in [0.29, 0.717) is 22.7 Å². The third-order valence-corrected chi connectivity index (χ3v) is 4.72. The van der Waals surface area contributed by atoms with Gasteiger partial charge in [0.25, 0.3) is 0 Å². The fraction of sp³-hybridized carbons (Fsp3) is 0.667. The first-order valence-electron chi connectivity index (χ1n) is 8.54. The predicted molar refractivity (Wildman–Crippen MR) is 95.2 cm³/mol. The molecule has 1 fully saturated rings. The minimum atomic E-state index is 0.595. The lowest BCUT2D eigenvalue weighted by Gasteiger charge is -2.22. The molecule has 0 bridgehead atoms. The van der Waals surface area contributed by atoms with Crippen LogP contribution >= 0.6 is 23.2 Å². The smallest absolute Gasteiger partial charge is 0.142 e. The summed E-state index contributed by atoms with van der Waals surface area (Å²) < 4.78 is 5.83. The molecule has 2 rings (SSSR count). The van der Waals surface area contributed by atoms with Crippen LogP contribution in [0.15, 0.2) is 12.1 Å². The summed E-state index contributed by atoms with van der Waals surface area (Å²) in [6.45, 7) is 3.54. The van der Waals surface area contributed by atoms with Gasteiger partial charge >= 0.3 is 0 Å². The van der Waals surface area contributed by atoms with Gasteiger partial charge in [-0.15, -0.1) is 0 Å². The predicted octanol–water partition coefficient (Wildman–Crippen LogP) is 5.98. The van der Waals surface area contributed by atoms with Crippen LogP contribution in [0.4, 0.5) is 0 Å². The molecule has 0 radical (unpaired) electrons. The molecule has 0 amide bonds. The van der Waals surface area contributed by atoms with Crippen LogP contribution in [0.2, 0.25) is 10.0 Å². The number of nitrogens with one attached hydrogen (secondary N) is 1. The normalized spacial score (nSPS) is 17.0. The topological polar surface area (TPSA) is 21.3 Å². The summed E-state index contributed by atoms with van der Waals surface area (Å²) in [6, 6.07) is 4.32. The maximum absolute atomic E-state index is 6.30. The Morgan fingerprint density at radius 1 is 1.09 bits per heavy atom. The summed E-state index contributed by atoms with van der Waals surface area (Å²) in [4.78, 5) is 0. The summed E-state index contributed by atoms with van der Waals surface area (Å²) in [7, 11) is 0. The van der Waals surface area contributed by atoms with Gasteiger partial charge in [-0.2, -0.15) is 0 Å². The van der Waals surface area contributed by atoms with Crippen molar-refractivity contribution < 1.29 is 4.74 Å². The summed E-state index contributed by atoms with van der Waals surface area (Å²) in [5.41, 5.74) is 1.06. The second kappa shape index (κ2) is 9.64. The first-order valence-corrected chi connectivity index (χ1v) is 9.30. The van der Waals surface area contributed by atoms with Crippen molar-refractivity contribution in [3.63, 3.8) is 0 Å². The van der Waals surface area contributed by atoms with Crippen molar-refractivity contribution in [1.82, 2.24) is 5.32 Å². The lowest BCUT2D eigenvalue weighted by atomic mass is 9.96. The van der Waals surface area contributed by atoms with Crippen LogP contribution in [0.25, 0.3) is 0 Å². The molecule has 0 aromatic heterocycles. The summed E-state index contributed by atoms with van der Waals surface area (Å²) in [5.74, 6) is 0.784. The van der Waals surface area contributed by atoms with Crippen molar-refractivity contribution in [1.29, 1.82) is 0 Å². The minimum absolute atomic E-state index is 0.595. The number of ether oxygens (including phenoxy) is 1. The molecule has 1 saturated carbocycles. The zero-order valence-corrected chi connectivity index (χ0v) is 15.0. The highest BCUT2D eigenvalue weighted by molar-refractivity contribution is 6.35. The molecule has 4 heteroatoms. The van der Waals surface area contributed by atoms with Crippen LogP contribution in [0, 0.1) is 0 Å². The molecule has 1 aromatic carbocycles. The van der Waals surface area contributed by atoms with E-state index in [4.69, 9.17) is 27.9 Å². The number of benzene rings is 1. The maximum Gasteiger partial charge on any atom is 0.142 e. The van der Waals surface area contributed by atoms with Crippen molar-refractivity contribution in [2.75, 3.05) is 6.61 Å². The number of hydrogen-bond acceptors (Lipinski definition) is 2. The Kier molecular flexibility index (Phi) is 7.85. The number of halogens is 2. The van der Waals surface area contributed by atoms with Crippen molar-refractivity contribution in [2.45, 2.75) is 70.9 Å². The summed E-state index contributed by atoms with van der Waals surface area (Å²) in [6.07, 6.45) is 10.3. The number of hydrogen-bond donors (Lipinski definition) is 1. The SMILES string of the molecule is CCCOc1c(Cl)cc(Cl)cc1CNC1CCCCCCC1. The van der Waals surface area contributed by atoms with Crippen LogP contribution in [-0.4, -0.2) is 12.6 Å². The van der Waals surface area contributed by atoms with Gasteiger partial charge in [0, 0.05) is 23.2 Å². The molecular weight excluding hydrogens is 317 g/mol. The molecule has 124 valence electrons. The van der Waals surface area contributed by atoms with Crippen molar-refractivity contribution >= 4 is 23.2 Å². The monoisotopic (exact) mass is 343 g/mol. The molecule has 0 unspecified atom stereocenters. The Hall–Kier alpha value is -0.440. The molecule has 1 aliphatic carbocycles. The molecule has 1 N–H and O–H groups in total.